The van der Waals surface area contributed by atoms with Gasteiger partial charge in [0.05, 0.1) is 12.2 Å². The van der Waals surface area contributed by atoms with Crippen LogP contribution in [0.1, 0.15) is 65.7 Å². The first-order chi connectivity index (χ1) is 8.06. The molecule has 0 amide bonds. The van der Waals surface area contributed by atoms with E-state index in [0.717, 1.165) is 6.42 Å². The molecule has 0 aromatic carbocycles. The van der Waals surface area contributed by atoms with Gasteiger partial charge in [-0.3, -0.25) is 0 Å². The van der Waals surface area contributed by atoms with Crippen molar-refractivity contribution in [1.29, 1.82) is 0 Å². The molecule has 3 unspecified atom stereocenters. The minimum atomic E-state index is 0.333. The van der Waals surface area contributed by atoms with Crippen molar-refractivity contribution in [2.75, 3.05) is 0 Å². The van der Waals surface area contributed by atoms with Gasteiger partial charge in [0.25, 0.3) is 0 Å². The lowest BCUT2D eigenvalue weighted by Crippen LogP contribution is -2.62. The van der Waals surface area contributed by atoms with Crippen LogP contribution in [0.25, 0.3) is 0 Å². The molecule has 2 N–H and O–H groups in total. The summed E-state index contributed by atoms with van der Waals surface area (Å²) in [5.41, 5.74) is 6.65. The fourth-order valence-electron chi connectivity index (χ4n) is 3.47. The van der Waals surface area contributed by atoms with Gasteiger partial charge in [-0.1, -0.05) is 39.5 Å². The standard InChI is InChI=1S/C15H29NO/c1-11(2)12(3)17-14-10-13(16)15(14)8-6-4-5-7-9-15/h11-14H,4-10,16H2,1-3H3. The fraction of sp³-hybridized carbons (Fsp3) is 1.00. The van der Waals surface area contributed by atoms with Crippen LogP contribution in [0.15, 0.2) is 0 Å². The van der Waals surface area contributed by atoms with Gasteiger partial charge < -0.3 is 10.5 Å². The summed E-state index contributed by atoms with van der Waals surface area (Å²) < 4.78 is 6.29. The molecule has 3 atom stereocenters. The predicted octanol–water partition coefficient (Wildman–Crippen LogP) is 3.49. The minimum Gasteiger partial charge on any atom is -0.374 e. The van der Waals surface area contributed by atoms with Crippen molar-refractivity contribution >= 4 is 0 Å². The van der Waals surface area contributed by atoms with E-state index in [9.17, 15) is 0 Å². The van der Waals surface area contributed by atoms with E-state index >= 15 is 0 Å². The molecule has 0 aliphatic heterocycles. The maximum atomic E-state index is 6.32. The summed E-state index contributed by atoms with van der Waals surface area (Å²) in [6.45, 7) is 6.69. The summed E-state index contributed by atoms with van der Waals surface area (Å²) in [5.74, 6) is 0.606. The lowest BCUT2D eigenvalue weighted by Gasteiger charge is -2.55. The Morgan fingerprint density at radius 2 is 1.65 bits per heavy atom. The quantitative estimate of drug-likeness (QED) is 0.818. The van der Waals surface area contributed by atoms with Gasteiger partial charge in [0.2, 0.25) is 0 Å². The van der Waals surface area contributed by atoms with Gasteiger partial charge in [-0.15, -0.1) is 0 Å². The summed E-state index contributed by atoms with van der Waals surface area (Å²) in [4.78, 5) is 0. The molecule has 0 aromatic rings. The van der Waals surface area contributed by atoms with Crippen molar-refractivity contribution in [1.82, 2.24) is 0 Å². The van der Waals surface area contributed by atoms with Gasteiger partial charge in [-0.25, -0.2) is 0 Å². The molecule has 0 bridgehead atoms. The van der Waals surface area contributed by atoms with Crippen molar-refractivity contribution < 1.29 is 4.74 Å². The Labute approximate surface area is 106 Å². The van der Waals surface area contributed by atoms with E-state index in [0.29, 0.717) is 29.6 Å². The smallest absolute Gasteiger partial charge is 0.0664 e. The highest BCUT2D eigenvalue weighted by Gasteiger charge is 2.53. The zero-order chi connectivity index (χ0) is 12.5. The molecule has 0 radical (unpaired) electrons. The van der Waals surface area contributed by atoms with Gasteiger partial charge in [0, 0.05) is 11.5 Å². The highest BCUT2D eigenvalue weighted by molar-refractivity contribution is 5.07. The molecular formula is C15H29NO. The first-order valence-corrected chi connectivity index (χ1v) is 7.47. The van der Waals surface area contributed by atoms with Crippen LogP contribution in [-0.2, 0) is 4.74 Å². The monoisotopic (exact) mass is 239 g/mol. The van der Waals surface area contributed by atoms with Gasteiger partial charge in [0.1, 0.15) is 0 Å². The number of nitrogens with two attached hydrogens (primary N) is 1. The van der Waals surface area contributed by atoms with Crippen LogP contribution in [0.5, 0.6) is 0 Å². The highest BCUT2D eigenvalue weighted by Crippen LogP contribution is 2.52. The Bertz CT molecular complexity index is 243. The van der Waals surface area contributed by atoms with Gasteiger partial charge in [0.15, 0.2) is 0 Å². The molecule has 2 heteroatoms. The molecule has 2 fully saturated rings. The molecule has 17 heavy (non-hydrogen) atoms. The fourth-order valence-corrected chi connectivity index (χ4v) is 3.47. The Morgan fingerprint density at radius 3 is 2.12 bits per heavy atom. The summed E-state index contributed by atoms with van der Waals surface area (Å²) in [7, 11) is 0. The van der Waals surface area contributed by atoms with Crippen LogP contribution < -0.4 is 5.73 Å². The molecule has 2 nitrogen and oxygen atoms in total. The summed E-state index contributed by atoms with van der Waals surface area (Å²) in [6.07, 6.45) is 9.96. The lowest BCUT2D eigenvalue weighted by atomic mass is 9.58. The Hall–Kier alpha value is -0.0800. The number of hydrogen-bond donors (Lipinski definition) is 1. The highest BCUT2D eigenvalue weighted by atomic mass is 16.5. The van der Waals surface area contributed by atoms with Gasteiger partial charge in [-0.2, -0.15) is 0 Å². The normalized spacial score (nSPS) is 34.4. The van der Waals surface area contributed by atoms with Crippen LogP contribution in [-0.4, -0.2) is 18.2 Å². The van der Waals surface area contributed by atoms with Crippen molar-refractivity contribution in [2.24, 2.45) is 17.1 Å². The first kappa shape index (κ1) is 13.4. The summed E-state index contributed by atoms with van der Waals surface area (Å²) >= 11 is 0. The van der Waals surface area contributed by atoms with Crippen molar-refractivity contribution in [3.63, 3.8) is 0 Å². The van der Waals surface area contributed by atoms with E-state index < -0.39 is 0 Å². The van der Waals surface area contributed by atoms with E-state index in [1.807, 2.05) is 0 Å². The van der Waals surface area contributed by atoms with E-state index in [1.54, 1.807) is 0 Å². The van der Waals surface area contributed by atoms with Crippen LogP contribution in [0.2, 0.25) is 0 Å². The Balaban J connectivity index is 1.98. The van der Waals surface area contributed by atoms with E-state index in [2.05, 4.69) is 20.8 Å². The Morgan fingerprint density at radius 1 is 1.06 bits per heavy atom. The van der Waals surface area contributed by atoms with Crippen molar-refractivity contribution in [2.45, 2.75) is 84.0 Å². The SMILES string of the molecule is CC(C)C(C)OC1CC(N)C12CCCCCC2. The molecule has 0 heterocycles. The molecule has 100 valence electrons. The van der Waals surface area contributed by atoms with E-state index in [-0.39, 0.29) is 0 Å². The average Bonchev–Trinajstić information content (AvgIpc) is 2.55. The molecule has 0 aromatic heterocycles. The predicted molar refractivity (Wildman–Crippen MR) is 71.9 cm³/mol. The maximum absolute atomic E-state index is 6.32. The molecule has 2 saturated carbocycles. The van der Waals surface area contributed by atoms with Crippen molar-refractivity contribution in [3.8, 4) is 0 Å². The number of ether oxygens (including phenoxy) is 1. The molecule has 2 aliphatic carbocycles. The van der Waals surface area contributed by atoms with Gasteiger partial charge >= 0.3 is 0 Å². The van der Waals surface area contributed by atoms with Crippen LogP contribution in [0.3, 0.4) is 0 Å². The maximum Gasteiger partial charge on any atom is 0.0664 e. The van der Waals surface area contributed by atoms with E-state index in [4.69, 9.17) is 10.5 Å². The van der Waals surface area contributed by atoms with Crippen LogP contribution in [0, 0.1) is 11.3 Å². The van der Waals surface area contributed by atoms with Crippen LogP contribution >= 0.6 is 0 Å². The zero-order valence-electron chi connectivity index (χ0n) is 11.7. The second kappa shape index (κ2) is 5.27. The summed E-state index contributed by atoms with van der Waals surface area (Å²) in [5, 5.41) is 0. The molecule has 2 rings (SSSR count). The third kappa shape index (κ3) is 2.53. The number of rotatable bonds is 3. The summed E-state index contributed by atoms with van der Waals surface area (Å²) in [6, 6.07) is 0.393. The van der Waals surface area contributed by atoms with Crippen LogP contribution in [0.4, 0.5) is 0 Å². The number of hydrogen-bond acceptors (Lipinski definition) is 2. The third-order valence-corrected chi connectivity index (χ3v) is 5.20. The molecule has 1 spiro atoms. The molecule has 2 aliphatic rings. The third-order valence-electron chi connectivity index (χ3n) is 5.20. The minimum absolute atomic E-state index is 0.333. The van der Waals surface area contributed by atoms with Crippen molar-refractivity contribution in [3.05, 3.63) is 0 Å². The topological polar surface area (TPSA) is 35.2 Å². The van der Waals surface area contributed by atoms with E-state index in [1.165, 1.54) is 38.5 Å². The second-order valence-electron chi connectivity index (χ2n) is 6.56. The molecular weight excluding hydrogens is 210 g/mol. The van der Waals surface area contributed by atoms with Gasteiger partial charge in [-0.05, 0) is 32.1 Å². The Kier molecular flexibility index (Phi) is 4.14. The first-order valence-electron chi connectivity index (χ1n) is 7.47. The lowest BCUT2D eigenvalue weighted by molar-refractivity contribution is -0.166. The average molecular weight is 239 g/mol. The zero-order valence-corrected chi connectivity index (χ0v) is 11.7. The largest absolute Gasteiger partial charge is 0.374 e. The second-order valence-corrected chi connectivity index (χ2v) is 6.56. The molecule has 0 saturated heterocycles.